The summed E-state index contributed by atoms with van der Waals surface area (Å²) in [6.45, 7) is 10.4. The van der Waals surface area contributed by atoms with Crippen molar-refractivity contribution in [2.75, 3.05) is 0 Å². The molecule has 0 radical (unpaired) electrons. The first-order chi connectivity index (χ1) is 13.5. The maximum Gasteiger partial charge on any atom is 0.334 e. The first-order valence-electron chi connectivity index (χ1n) is 10.3. The molecule has 29 heavy (non-hydrogen) atoms. The number of Topliss-reactive ketones (excluding diaryl/α,β-unsaturated/α-hetero) is 1. The van der Waals surface area contributed by atoms with E-state index in [2.05, 4.69) is 0 Å². The molecule has 0 unspecified atom stereocenters. The topological polar surface area (TPSA) is 96.0 Å². The molecule has 1 saturated heterocycles. The van der Waals surface area contributed by atoms with Crippen LogP contribution in [0.4, 0.5) is 0 Å². The summed E-state index contributed by atoms with van der Waals surface area (Å²) in [6, 6.07) is 0. The Hall–Kier alpha value is -2.18. The first-order valence-corrected chi connectivity index (χ1v) is 10.3. The average molecular weight is 408 g/mol. The van der Waals surface area contributed by atoms with Gasteiger partial charge in [-0.25, -0.2) is 4.79 Å². The predicted octanol–water partition coefficient (Wildman–Crippen LogP) is 3.00. The number of hydrogen-bond acceptors (Lipinski definition) is 7. The van der Waals surface area contributed by atoms with Crippen LogP contribution < -0.4 is 0 Å². The van der Waals surface area contributed by atoms with Crippen LogP contribution in [0.1, 0.15) is 60.8 Å². The zero-order valence-electron chi connectivity index (χ0n) is 18.1. The van der Waals surface area contributed by atoms with E-state index in [1.54, 1.807) is 19.9 Å². The fourth-order valence-electron chi connectivity index (χ4n) is 4.03. The number of allylic oxidation sites excluding steroid dienone is 1. The highest BCUT2D eigenvalue weighted by Crippen LogP contribution is 2.37. The van der Waals surface area contributed by atoms with Crippen molar-refractivity contribution in [1.29, 1.82) is 0 Å². The molecule has 2 bridgehead atoms. The standard InChI is InChI=1S/C22H32O7/c1-11(2)20-18(28-21(25)13(4)14(5)27-15(6)23)9-12(3)17(24)8-7-16-10-19(20)29-22(16)26/h7,11-14,18-20H,8-10H2,1-6H3/b16-7+/t12-,13-,14-,18+,19+,20+/m1/s1. The quantitative estimate of drug-likeness (QED) is 0.510. The first kappa shape index (κ1) is 23.1. The van der Waals surface area contributed by atoms with Gasteiger partial charge in [0.1, 0.15) is 24.1 Å². The smallest absolute Gasteiger partial charge is 0.334 e. The summed E-state index contributed by atoms with van der Waals surface area (Å²) in [5.74, 6) is -2.51. The molecule has 0 amide bonds. The number of carbonyl (C=O) groups is 4. The number of ketones is 1. The number of esters is 3. The minimum absolute atomic E-state index is 0.000495. The number of ether oxygens (including phenoxy) is 3. The maximum absolute atomic E-state index is 12.8. The molecule has 1 aliphatic heterocycles. The van der Waals surface area contributed by atoms with Crippen LogP contribution in [0.15, 0.2) is 11.6 Å². The lowest BCUT2D eigenvalue weighted by Crippen LogP contribution is -2.42. The van der Waals surface area contributed by atoms with E-state index in [9.17, 15) is 19.2 Å². The van der Waals surface area contributed by atoms with E-state index in [1.807, 2.05) is 20.8 Å². The highest BCUT2D eigenvalue weighted by molar-refractivity contribution is 5.92. The molecule has 7 heteroatoms. The number of fused-ring (bicyclic) bond motifs is 2. The molecular formula is C22H32O7. The van der Waals surface area contributed by atoms with E-state index in [0.717, 1.165) is 0 Å². The Morgan fingerprint density at radius 3 is 2.41 bits per heavy atom. The summed E-state index contributed by atoms with van der Waals surface area (Å²) in [5, 5.41) is 0. The summed E-state index contributed by atoms with van der Waals surface area (Å²) < 4.78 is 16.6. The largest absolute Gasteiger partial charge is 0.462 e. The molecule has 1 aliphatic carbocycles. The van der Waals surface area contributed by atoms with Crippen molar-refractivity contribution in [1.82, 2.24) is 0 Å². The van der Waals surface area contributed by atoms with Crippen LogP contribution in [0, 0.1) is 23.7 Å². The molecule has 2 rings (SSSR count). The molecule has 1 heterocycles. The lowest BCUT2D eigenvalue weighted by molar-refractivity contribution is -0.170. The third-order valence-corrected chi connectivity index (χ3v) is 5.95. The van der Waals surface area contributed by atoms with E-state index in [4.69, 9.17) is 14.2 Å². The average Bonchev–Trinajstić information content (AvgIpc) is 2.96. The van der Waals surface area contributed by atoms with E-state index < -0.39 is 42.1 Å². The number of hydrogen-bond donors (Lipinski definition) is 0. The Morgan fingerprint density at radius 1 is 1.17 bits per heavy atom. The third-order valence-electron chi connectivity index (χ3n) is 5.95. The van der Waals surface area contributed by atoms with Gasteiger partial charge in [0.15, 0.2) is 0 Å². The van der Waals surface area contributed by atoms with Crippen LogP contribution in [0.3, 0.4) is 0 Å². The van der Waals surface area contributed by atoms with Gasteiger partial charge in [-0.2, -0.15) is 0 Å². The molecule has 0 saturated carbocycles. The summed E-state index contributed by atoms with van der Waals surface area (Å²) >= 11 is 0. The lowest BCUT2D eigenvalue weighted by Gasteiger charge is -2.35. The summed E-state index contributed by atoms with van der Waals surface area (Å²) in [6.07, 6.45) is 1.02. The zero-order valence-corrected chi connectivity index (χ0v) is 18.1. The molecule has 1 fully saturated rings. The van der Waals surface area contributed by atoms with Crippen molar-refractivity contribution in [3.63, 3.8) is 0 Å². The van der Waals surface area contributed by atoms with Gasteiger partial charge >= 0.3 is 17.9 Å². The summed E-state index contributed by atoms with van der Waals surface area (Å²) in [5.41, 5.74) is 0.519. The van der Waals surface area contributed by atoms with E-state index in [0.29, 0.717) is 18.4 Å². The molecule has 7 nitrogen and oxygen atoms in total. The molecule has 0 aromatic carbocycles. The van der Waals surface area contributed by atoms with Gasteiger partial charge in [0.25, 0.3) is 0 Å². The third kappa shape index (κ3) is 5.67. The Morgan fingerprint density at radius 2 is 1.83 bits per heavy atom. The van der Waals surface area contributed by atoms with Crippen LogP contribution in [-0.4, -0.2) is 42.0 Å². The van der Waals surface area contributed by atoms with Crippen LogP contribution >= 0.6 is 0 Å². The minimum Gasteiger partial charge on any atom is -0.462 e. The van der Waals surface area contributed by atoms with Crippen LogP contribution in [0.5, 0.6) is 0 Å². The molecule has 0 spiro atoms. The second-order valence-electron chi connectivity index (χ2n) is 8.58. The van der Waals surface area contributed by atoms with Crippen LogP contribution in [0.25, 0.3) is 0 Å². The van der Waals surface area contributed by atoms with Crippen molar-refractivity contribution in [2.24, 2.45) is 23.7 Å². The molecule has 0 aromatic rings. The van der Waals surface area contributed by atoms with Gasteiger partial charge in [0, 0.05) is 37.2 Å². The Balaban J connectivity index is 2.28. The molecule has 0 N–H and O–H groups in total. The van der Waals surface area contributed by atoms with Crippen molar-refractivity contribution in [2.45, 2.75) is 79.1 Å². The second-order valence-corrected chi connectivity index (χ2v) is 8.58. The molecule has 0 aromatic heterocycles. The monoisotopic (exact) mass is 408 g/mol. The molecular weight excluding hydrogens is 376 g/mol. The van der Waals surface area contributed by atoms with Gasteiger partial charge in [-0.1, -0.05) is 26.8 Å². The number of carbonyl (C=O) groups excluding carboxylic acids is 4. The highest BCUT2D eigenvalue weighted by atomic mass is 16.6. The van der Waals surface area contributed by atoms with E-state index in [-0.39, 0.29) is 30.0 Å². The molecule has 162 valence electrons. The predicted molar refractivity (Wildman–Crippen MR) is 105 cm³/mol. The lowest BCUT2D eigenvalue weighted by atomic mass is 9.78. The van der Waals surface area contributed by atoms with Crippen molar-refractivity contribution < 1.29 is 33.4 Å². The fourth-order valence-corrected chi connectivity index (χ4v) is 4.03. The van der Waals surface area contributed by atoms with Gasteiger partial charge in [-0.05, 0) is 26.2 Å². The van der Waals surface area contributed by atoms with Gasteiger partial charge in [0.2, 0.25) is 0 Å². The van der Waals surface area contributed by atoms with Crippen molar-refractivity contribution >= 4 is 23.7 Å². The van der Waals surface area contributed by atoms with Gasteiger partial charge in [-0.3, -0.25) is 14.4 Å². The van der Waals surface area contributed by atoms with Crippen LogP contribution in [-0.2, 0) is 33.4 Å². The summed E-state index contributed by atoms with van der Waals surface area (Å²) in [7, 11) is 0. The normalized spacial score (nSPS) is 31.3. The number of rotatable bonds is 5. The van der Waals surface area contributed by atoms with E-state index >= 15 is 0 Å². The van der Waals surface area contributed by atoms with E-state index in [1.165, 1.54) is 6.92 Å². The van der Waals surface area contributed by atoms with Gasteiger partial charge in [0.05, 0.1) is 5.92 Å². The molecule has 6 atom stereocenters. The Bertz CT molecular complexity index is 693. The maximum atomic E-state index is 12.8. The Kier molecular flexibility index (Phi) is 7.60. The van der Waals surface area contributed by atoms with Crippen molar-refractivity contribution in [3.8, 4) is 0 Å². The van der Waals surface area contributed by atoms with Gasteiger partial charge < -0.3 is 14.2 Å². The zero-order chi connectivity index (χ0) is 21.9. The minimum atomic E-state index is -0.658. The highest BCUT2D eigenvalue weighted by Gasteiger charge is 2.44. The van der Waals surface area contributed by atoms with Gasteiger partial charge in [-0.15, -0.1) is 0 Å². The Labute approximate surface area is 172 Å². The second kappa shape index (κ2) is 9.55. The van der Waals surface area contributed by atoms with Crippen molar-refractivity contribution in [3.05, 3.63) is 11.6 Å². The van der Waals surface area contributed by atoms with Crippen LogP contribution in [0.2, 0.25) is 0 Å². The molecule has 2 aliphatic rings. The SMILES string of the molecule is CC(=O)O[C@H](C)[C@@H](C)C(=O)O[C@H]1C[C@@H](C)C(=O)C/C=C2\C[C@H](OC2=O)[C@H]1C(C)C. The summed E-state index contributed by atoms with van der Waals surface area (Å²) in [4.78, 5) is 48.7. The fraction of sp³-hybridized carbons (Fsp3) is 0.727.